The maximum absolute atomic E-state index is 6.16. The molecule has 0 N–H and O–H groups in total. The number of halogens is 2. The Bertz CT molecular complexity index is 920. The van der Waals surface area contributed by atoms with E-state index >= 15 is 0 Å². The lowest BCUT2D eigenvalue weighted by Gasteiger charge is -2.11. The third-order valence-electron chi connectivity index (χ3n) is 4.02. The molecule has 0 fully saturated rings. The molecule has 0 aliphatic carbocycles. The molecule has 3 rings (SSSR count). The molecule has 0 radical (unpaired) electrons. The second-order valence-corrected chi connectivity index (χ2v) is 7.11. The molecule has 3 nitrogen and oxygen atoms in total. The Hall–Kier alpha value is -2.49. The first-order valence-corrected chi connectivity index (χ1v) is 9.25. The van der Waals surface area contributed by atoms with Crippen LogP contribution in [0.1, 0.15) is 11.1 Å². The highest BCUT2D eigenvalue weighted by molar-refractivity contribution is 6.35. The number of aliphatic imine (C=N–C) groups is 1. The number of hydrogen-bond acceptors (Lipinski definition) is 3. The smallest absolute Gasteiger partial charge is 0.119 e. The van der Waals surface area contributed by atoms with Gasteiger partial charge in [0, 0.05) is 41.6 Å². The summed E-state index contributed by atoms with van der Waals surface area (Å²) in [7, 11) is 4.03. The van der Waals surface area contributed by atoms with Crippen LogP contribution in [-0.4, -0.2) is 20.3 Å². The zero-order valence-electron chi connectivity index (χ0n) is 15.2. The lowest BCUT2D eigenvalue weighted by molar-refractivity contribution is 0.306. The van der Waals surface area contributed by atoms with Crippen molar-refractivity contribution in [3.8, 4) is 5.75 Å². The first-order chi connectivity index (χ1) is 13.0. The number of nitrogens with zero attached hydrogens (tertiary/aromatic N) is 2. The summed E-state index contributed by atoms with van der Waals surface area (Å²) < 4.78 is 5.79. The van der Waals surface area contributed by atoms with Crippen molar-refractivity contribution >= 4 is 40.8 Å². The molecule has 138 valence electrons. The van der Waals surface area contributed by atoms with Crippen LogP contribution in [0.4, 0.5) is 11.4 Å². The van der Waals surface area contributed by atoms with E-state index in [2.05, 4.69) is 9.89 Å². The predicted molar refractivity (Wildman–Crippen MR) is 115 cm³/mol. The van der Waals surface area contributed by atoms with Crippen molar-refractivity contribution in [3.05, 3.63) is 87.9 Å². The molecule has 0 spiro atoms. The van der Waals surface area contributed by atoms with Gasteiger partial charge in [0.25, 0.3) is 0 Å². The van der Waals surface area contributed by atoms with Crippen LogP contribution in [0.5, 0.6) is 5.75 Å². The minimum absolute atomic E-state index is 0.391. The molecule has 0 heterocycles. The normalized spacial score (nSPS) is 11.0. The molecule has 0 aliphatic rings. The van der Waals surface area contributed by atoms with Gasteiger partial charge in [-0.25, -0.2) is 0 Å². The van der Waals surface area contributed by atoms with Crippen molar-refractivity contribution in [3.63, 3.8) is 0 Å². The molecule has 0 saturated carbocycles. The number of hydrogen-bond donors (Lipinski definition) is 0. The van der Waals surface area contributed by atoms with E-state index in [9.17, 15) is 0 Å². The third kappa shape index (κ3) is 5.49. The minimum atomic E-state index is 0.391. The largest absolute Gasteiger partial charge is 0.489 e. The predicted octanol–water partition coefficient (Wildman–Crippen LogP) is 6.39. The molecule has 0 aromatic heterocycles. The summed E-state index contributed by atoms with van der Waals surface area (Å²) in [5.74, 6) is 0.772. The summed E-state index contributed by atoms with van der Waals surface area (Å²) in [6.07, 6.45) is 1.84. The highest BCUT2D eigenvalue weighted by Crippen LogP contribution is 2.23. The summed E-state index contributed by atoms with van der Waals surface area (Å²) in [6.45, 7) is 0.391. The Morgan fingerprint density at radius 2 is 1.63 bits per heavy atom. The molecular formula is C22H20Cl2N2O. The van der Waals surface area contributed by atoms with Crippen LogP contribution < -0.4 is 9.64 Å². The van der Waals surface area contributed by atoms with E-state index in [1.54, 1.807) is 12.1 Å². The molecule has 3 aromatic carbocycles. The van der Waals surface area contributed by atoms with Gasteiger partial charge in [0.05, 0.1) is 5.69 Å². The standard InChI is InChI=1S/C22H20Cl2N2O/c1-26(2)20-9-7-19(8-10-20)25-14-16-3-11-21(12-4-16)27-15-17-5-6-18(23)13-22(17)24/h3-14H,15H2,1-2H3. The van der Waals surface area contributed by atoms with Crippen molar-refractivity contribution in [2.45, 2.75) is 6.61 Å². The zero-order chi connectivity index (χ0) is 19.2. The Labute approximate surface area is 169 Å². The molecule has 0 bridgehead atoms. The molecule has 0 aliphatic heterocycles. The zero-order valence-corrected chi connectivity index (χ0v) is 16.7. The summed E-state index contributed by atoms with van der Waals surface area (Å²) in [5.41, 5.74) is 3.96. The number of anilines is 1. The number of benzene rings is 3. The summed E-state index contributed by atoms with van der Waals surface area (Å²) in [4.78, 5) is 6.56. The van der Waals surface area contributed by atoms with Crippen LogP contribution in [0, 0.1) is 0 Å². The van der Waals surface area contributed by atoms with Gasteiger partial charge in [-0.15, -0.1) is 0 Å². The van der Waals surface area contributed by atoms with Gasteiger partial charge in [-0.05, 0) is 66.2 Å². The summed E-state index contributed by atoms with van der Waals surface area (Å²) in [5, 5.41) is 1.22. The summed E-state index contributed by atoms with van der Waals surface area (Å²) in [6, 6.07) is 21.2. The SMILES string of the molecule is CN(C)c1ccc(N=Cc2ccc(OCc3ccc(Cl)cc3Cl)cc2)cc1. The maximum atomic E-state index is 6.16. The van der Waals surface area contributed by atoms with Crippen LogP contribution >= 0.6 is 23.2 Å². The second kappa shape index (κ2) is 8.94. The molecule has 3 aromatic rings. The Morgan fingerprint density at radius 3 is 2.26 bits per heavy atom. The van der Waals surface area contributed by atoms with Gasteiger partial charge < -0.3 is 9.64 Å². The quantitative estimate of drug-likeness (QED) is 0.449. The van der Waals surface area contributed by atoms with E-state index in [0.29, 0.717) is 16.7 Å². The topological polar surface area (TPSA) is 24.8 Å². The fourth-order valence-electron chi connectivity index (χ4n) is 2.44. The first-order valence-electron chi connectivity index (χ1n) is 8.49. The molecular weight excluding hydrogens is 379 g/mol. The van der Waals surface area contributed by atoms with Gasteiger partial charge in [0.15, 0.2) is 0 Å². The van der Waals surface area contributed by atoms with Gasteiger partial charge in [-0.1, -0.05) is 29.3 Å². The van der Waals surface area contributed by atoms with Crippen LogP contribution in [0.25, 0.3) is 0 Å². The van der Waals surface area contributed by atoms with Gasteiger partial charge in [-0.3, -0.25) is 4.99 Å². The lowest BCUT2D eigenvalue weighted by atomic mass is 10.2. The Morgan fingerprint density at radius 1 is 0.926 bits per heavy atom. The van der Waals surface area contributed by atoms with Crippen LogP contribution in [0.2, 0.25) is 10.0 Å². The Balaban J connectivity index is 1.59. The van der Waals surface area contributed by atoms with E-state index in [-0.39, 0.29) is 0 Å². The van der Waals surface area contributed by atoms with Gasteiger partial charge in [0.2, 0.25) is 0 Å². The first kappa shape index (κ1) is 19.3. The third-order valence-corrected chi connectivity index (χ3v) is 4.61. The van der Waals surface area contributed by atoms with E-state index in [1.165, 1.54) is 0 Å². The highest BCUT2D eigenvalue weighted by Gasteiger charge is 2.03. The minimum Gasteiger partial charge on any atom is -0.489 e. The molecule has 0 saturated heterocycles. The Kier molecular flexibility index (Phi) is 6.38. The highest BCUT2D eigenvalue weighted by atomic mass is 35.5. The monoisotopic (exact) mass is 398 g/mol. The van der Waals surface area contributed by atoms with E-state index < -0.39 is 0 Å². The number of ether oxygens (including phenoxy) is 1. The summed E-state index contributed by atoms with van der Waals surface area (Å²) >= 11 is 12.1. The molecule has 27 heavy (non-hydrogen) atoms. The van der Waals surface area contributed by atoms with E-state index in [4.69, 9.17) is 27.9 Å². The average Bonchev–Trinajstić information content (AvgIpc) is 2.67. The van der Waals surface area contributed by atoms with Crippen LogP contribution in [0.15, 0.2) is 71.7 Å². The van der Waals surface area contributed by atoms with Crippen LogP contribution in [0.3, 0.4) is 0 Å². The molecule has 0 amide bonds. The fraction of sp³-hybridized carbons (Fsp3) is 0.136. The molecule has 0 unspecified atom stereocenters. The van der Waals surface area contributed by atoms with E-state index in [0.717, 1.165) is 28.3 Å². The lowest BCUT2D eigenvalue weighted by Crippen LogP contribution is -2.07. The van der Waals surface area contributed by atoms with Crippen molar-refractivity contribution in [2.75, 3.05) is 19.0 Å². The van der Waals surface area contributed by atoms with Gasteiger partial charge >= 0.3 is 0 Å². The van der Waals surface area contributed by atoms with Gasteiger partial charge in [0.1, 0.15) is 12.4 Å². The second-order valence-electron chi connectivity index (χ2n) is 6.26. The molecule has 0 atom stereocenters. The van der Waals surface area contributed by atoms with Crippen LogP contribution in [-0.2, 0) is 6.61 Å². The van der Waals surface area contributed by atoms with Crippen molar-refractivity contribution in [1.82, 2.24) is 0 Å². The van der Waals surface area contributed by atoms with Crippen molar-refractivity contribution in [1.29, 1.82) is 0 Å². The number of rotatable bonds is 6. The van der Waals surface area contributed by atoms with E-state index in [1.807, 2.05) is 74.9 Å². The van der Waals surface area contributed by atoms with Crippen molar-refractivity contribution < 1.29 is 4.74 Å². The van der Waals surface area contributed by atoms with Crippen molar-refractivity contribution in [2.24, 2.45) is 4.99 Å². The average molecular weight is 399 g/mol. The fourth-order valence-corrected chi connectivity index (χ4v) is 2.90. The maximum Gasteiger partial charge on any atom is 0.119 e. The molecule has 5 heteroatoms. The van der Waals surface area contributed by atoms with Gasteiger partial charge in [-0.2, -0.15) is 0 Å².